The first-order chi connectivity index (χ1) is 3.30. The average Bonchev–Trinajstić information content (AvgIpc) is 1.91. The molecule has 0 amide bonds. The van der Waals surface area contributed by atoms with Gasteiger partial charge in [-0.25, -0.2) is 0 Å². The van der Waals surface area contributed by atoms with Gasteiger partial charge in [-0.2, -0.15) is 6.07 Å². The Kier molecular flexibility index (Phi) is 2.96. The number of hydrogen-bond acceptors (Lipinski definition) is 1. The van der Waals surface area contributed by atoms with E-state index in [9.17, 15) is 0 Å². The van der Waals surface area contributed by atoms with Gasteiger partial charge in [-0.05, 0) is 0 Å². The van der Waals surface area contributed by atoms with Crippen molar-refractivity contribution < 1.29 is 20.4 Å². The summed E-state index contributed by atoms with van der Waals surface area (Å²) in [6.07, 6.45) is 2.71. The van der Waals surface area contributed by atoms with Crippen LogP contribution in [0, 0.1) is 13.1 Å². The first-order valence-electron chi connectivity index (χ1n) is 2.17. The summed E-state index contributed by atoms with van der Waals surface area (Å²) in [5, 5.41) is 3.81. The van der Waals surface area contributed by atoms with Crippen LogP contribution < -0.4 is 0 Å². The minimum absolute atomic E-state index is 0. The summed E-state index contributed by atoms with van der Waals surface area (Å²) in [6, 6.07) is 1.85. The number of aromatic nitrogens is 2. The van der Waals surface area contributed by atoms with Crippen molar-refractivity contribution in [3.05, 3.63) is 18.0 Å². The van der Waals surface area contributed by atoms with E-state index in [1.165, 1.54) is 0 Å². The average molecular weight is 281 g/mol. The summed E-state index contributed by atoms with van der Waals surface area (Å²) in [6.45, 7) is 1.99. The SMILES string of the molecule is Cc1c[c-]nn1C.[Re]. The van der Waals surface area contributed by atoms with Crippen LogP contribution in [0.15, 0.2) is 6.07 Å². The molecule has 0 aliphatic carbocycles. The molecule has 0 aromatic carbocycles. The zero-order chi connectivity index (χ0) is 5.28. The molecule has 1 aromatic rings. The molecule has 1 radical (unpaired) electrons. The smallest absolute Gasteiger partial charge is 0.00896 e. The van der Waals surface area contributed by atoms with Gasteiger partial charge >= 0.3 is 0 Å². The molecule has 1 heterocycles. The van der Waals surface area contributed by atoms with Gasteiger partial charge in [-0.1, -0.05) is 6.92 Å². The maximum atomic E-state index is 3.81. The quantitative estimate of drug-likeness (QED) is 0.634. The van der Waals surface area contributed by atoms with Gasteiger partial charge in [0.05, 0.1) is 0 Å². The summed E-state index contributed by atoms with van der Waals surface area (Å²) in [5.41, 5.74) is 1.14. The molecule has 2 nitrogen and oxygen atoms in total. The van der Waals surface area contributed by atoms with E-state index in [-0.39, 0.29) is 20.4 Å². The maximum Gasteiger partial charge on any atom is 0.00896 e. The van der Waals surface area contributed by atoms with Gasteiger partial charge in [-0.3, -0.25) is 0 Å². The number of hydrogen-bond donors (Lipinski definition) is 0. The molecule has 8 heavy (non-hydrogen) atoms. The van der Waals surface area contributed by atoms with E-state index in [1.807, 2.05) is 20.0 Å². The normalized spacial score (nSPS) is 8.25. The van der Waals surface area contributed by atoms with E-state index in [0.717, 1.165) is 5.69 Å². The van der Waals surface area contributed by atoms with Crippen LogP contribution in [0.1, 0.15) is 5.69 Å². The van der Waals surface area contributed by atoms with Crippen molar-refractivity contribution in [3.63, 3.8) is 0 Å². The fourth-order valence-electron chi connectivity index (χ4n) is 0.381. The summed E-state index contributed by atoms with van der Waals surface area (Å²) < 4.78 is 1.78. The van der Waals surface area contributed by atoms with E-state index in [1.54, 1.807) is 4.68 Å². The van der Waals surface area contributed by atoms with Gasteiger partial charge in [0.25, 0.3) is 0 Å². The van der Waals surface area contributed by atoms with Crippen LogP contribution in [0.25, 0.3) is 0 Å². The molecule has 0 saturated carbocycles. The molecular formula is C5H7N2Re-. The van der Waals surface area contributed by atoms with Gasteiger partial charge < -0.3 is 9.78 Å². The van der Waals surface area contributed by atoms with Crippen LogP contribution >= 0.6 is 0 Å². The van der Waals surface area contributed by atoms with E-state index >= 15 is 0 Å². The topological polar surface area (TPSA) is 17.8 Å². The minimum Gasteiger partial charge on any atom is -0.369 e. The van der Waals surface area contributed by atoms with Crippen LogP contribution in [0.5, 0.6) is 0 Å². The largest absolute Gasteiger partial charge is 0.369 e. The van der Waals surface area contributed by atoms with Crippen LogP contribution in [0.4, 0.5) is 0 Å². The van der Waals surface area contributed by atoms with Crippen LogP contribution in [-0.2, 0) is 27.5 Å². The van der Waals surface area contributed by atoms with E-state index in [4.69, 9.17) is 0 Å². The van der Waals surface area contributed by atoms with Crippen molar-refractivity contribution in [2.45, 2.75) is 6.92 Å². The Labute approximate surface area is 62.5 Å². The Morgan fingerprint density at radius 1 is 1.75 bits per heavy atom. The Balaban J connectivity index is 0.000000490. The molecule has 0 atom stereocenters. The third-order valence-corrected chi connectivity index (χ3v) is 0.992. The van der Waals surface area contributed by atoms with Gasteiger partial charge in [0, 0.05) is 27.5 Å². The molecule has 0 aliphatic rings. The van der Waals surface area contributed by atoms with E-state index in [0.29, 0.717) is 0 Å². The zero-order valence-electron chi connectivity index (χ0n) is 4.85. The fraction of sp³-hybridized carbons (Fsp3) is 0.400. The van der Waals surface area contributed by atoms with Crippen molar-refractivity contribution in [2.75, 3.05) is 0 Å². The zero-order valence-corrected chi connectivity index (χ0v) is 7.57. The second-order valence-electron chi connectivity index (χ2n) is 1.54. The van der Waals surface area contributed by atoms with Gasteiger partial charge in [0.2, 0.25) is 0 Å². The molecule has 0 N–H and O–H groups in total. The molecule has 0 spiro atoms. The Hall–Kier alpha value is -0.128. The summed E-state index contributed by atoms with van der Waals surface area (Å²) >= 11 is 0. The van der Waals surface area contributed by atoms with Gasteiger partial charge in [0.1, 0.15) is 0 Å². The Morgan fingerprint density at radius 3 is 2.50 bits per heavy atom. The molecule has 0 unspecified atom stereocenters. The van der Waals surface area contributed by atoms with Gasteiger partial charge in [0.15, 0.2) is 0 Å². The predicted octanol–water partition coefficient (Wildman–Crippen LogP) is 0.526. The fourth-order valence-corrected chi connectivity index (χ4v) is 0.381. The number of aryl methyl sites for hydroxylation is 2. The maximum absolute atomic E-state index is 3.81. The first kappa shape index (κ1) is 7.87. The number of rotatable bonds is 0. The van der Waals surface area contributed by atoms with E-state index < -0.39 is 0 Å². The molecule has 1 rings (SSSR count). The Morgan fingerprint density at radius 2 is 2.38 bits per heavy atom. The van der Waals surface area contributed by atoms with Crippen molar-refractivity contribution in [3.8, 4) is 0 Å². The third kappa shape index (κ3) is 1.43. The molecule has 3 heteroatoms. The standard InChI is InChI=1S/C5H7N2.Re/c1-5-3-4-6-7(5)2;/h3H,1-2H3;/q-1;. The first-order valence-corrected chi connectivity index (χ1v) is 2.17. The summed E-state index contributed by atoms with van der Waals surface area (Å²) in [4.78, 5) is 0. The second-order valence-corrected chi connectivity index (χ2v) is 1.54. The molecule has 0 saturated heterocycles. The second kappa shape index (κ2) is 3.01. The molecule has 0 aliphatic heterocycles. The van der Waals surface area contributed by atoms with Gasteiger partial charge in [-0.15, -0.1) is 11.9 Å². The minimum atomic E-state index is 0. The Bertz CT molecular complexity index is 143. The molecule has 45 valence electrons. The van der Waals surface area contributed by atoms with Crippen molar-refractivity contribution in [2.24, 2.45) is 7.05 Å². The molecular weight excluding hydrogens is 274 g/mol. The molecule has 0 fully saturated rings. The predicted molar refractivity (Wildman–Crippen MR) is 26.8 cm³/mol. The van der Waals surface area contributed by atoms with Crippen LogP contribution in [-0.4, -0.2) is 9.78 Å². The number of nitrogens with zero attached hydrogens (tertiary/aromatic N) is 2. The molecule has 1 aromatic heterocycles. The van der Waals surface area contributed by atoms with Crippen LogP contribution in [0.3, 0.4) is 0 Å². The summed E-state index contributed by atoms with van der Waals surface area (Å²) in [7, 11) is 1.89. The monoisotopic (exact) mass is 282 g/mol. The van der Waals surface area contributed by atoms with Crippen molar-refractivity contribution >= 4 is 0 Å². The summed E-state index contributed by atoms with van der Waals surface area (Å²) in [5.74, 6) is 0. The van der Waals surface area contributed by atoms with Crippen molar-refractivity contribution in [1.82, 2.24) is 9.78 Å². The van der Waals surface area contributed by atoms with Crippen LogP contribution in [0.2, 0.25) is 0 Å². The van der Waals surface area contributed by atoms with Crippen molar-refractivity contribution in [1.29, 1.82) is 0 Å². The van der Waals surface area contributed by atoms with E-state index in [2.05, 4.69) is 11.3 Å². The third-order valence-electron chi connectivity index (χ3n) is 0.992. The molecule has 0 bridgehead atoms.